The number of H-pyrrole nitrogens is 1. The number of primary amides is 2. The highest BCUT2D eigenvalue weighted by atomic mass is 32.2. The standard InChI is InChI=1S/C39H57N13O14S/c1-5-18(2)31-35(60)45-14-29(55)46-26(34(59)47-25(13-28(41)54)37(61)52-16-19(53)10-27(52)32(42)57)17-67(64)36-22(12-23(40)33(58)44-15-30(56)49-31)21-7-6-20(11-24(21)48-36)65-38(62)50(3)8-9-51(4)39(63)66-43/h6-7,11,18-19,23,25-27,31,48,53H,5,8-10,12-17,40,43H2,1-4H3,(H2,41,54)(H2,42,57)(H,44,58)(H,45,60)(H,46,55)(H,47,59)(H,49,56)/t18-,19+,23+,25-,26-,27-,31-,67?/m0/s1. The van der Waals surface area contributed by atoms with Crippen LogP contribution in [0, 0.1) is 5.92 Å². The smallest absolute Gasteiger partial charge is 0.410 e. The average Bonchev–Trinajstić information content (AvgIpc) is 3.86. The van der Waals surface area contributed by atoms with Gasteiger partial charge in [0.2, 0.25) is 47.3 Å². The highest BCUT2D eigenvalue weighted by Crippen LogP contribution is 2.30. The van der Waals surface area contributed by atoms with Crippen molar-refractivity contribution in [3.8, 4) is 5.75 Å². The van der Waals surface area contributed by atoms with Crippen molar-refractivity contribution in [1.29, 1.82) is 0 Å². The van der Waals surface area contributed by atoms with Gasteiger partial charge in [0.1, 0.15) is 34.9 Å². The number of fused-ring (bicyclic) bond motifs is 3. The molecule has 8 atom stereocenters. The third-order valence-corrected chi connectivity index (χ3v) is 12.5. The Morgan fingerprint density at radius 1 is 0.970 bits per heavy atom. The molecule has 0 radical (unpaired) electrons. The van der Waals surface area contributed by atoms with E-state index in [-0.39, 0.29) is 54.3 Å². The first-order chi connectivity index (χ1) is 31.5. The Bertz CT molecular complexity index is 2280. The predicted octanol–water partition coefficient (Wildman–Crippen LogP) is -5.41. The molecular formula is C39H57N13O14S. The van der Waals surface area contributed by atoms with Gasteiger partial charge in [0.25, 0.3) is 0 Å². The van der Waals surface area contributed by atoms with Gasteiger partial charge >= 0.3 is 12.2 Å². The Kier molecular flexibility index (Phi) is 18.5. The van der Waals surface area contributed by atoms with Crippen molar-refractivity contribution < 1.29 is 66.8 Å². The van der Waals surface area contributed by atoms with Crippen LogP contribution in [0.1, 0.15) is 38.7 Å². The molecule has 4 rings (SSSR count). The summed E-state index contributed by atoms with van der Waals surface area (Å²) in [5.74, 6) is -3.96. The molecule has 67 heavy (non-hydrogen) atoms. The number of amides is 10. The maximum absolute atomic E-state index is 14.6. The highest BCUT2D eigenvalue weighted by Gasteiger charge is 2.42. The van der Waals surface area contributed by atoms with Crippen LogP contribution >= 0.6 is 0 Å². The maximum Gasteiger partial charge on any atom is 0.428 e. The molecule has 2 aromatic rings. The number of likely N-dealkylation sites (tertiary alicyclic amines) is 1. The van der Waals surface area contributed by atoms with Crippen molar-refractivity contribution >= 4 is 81.1 Å². The summed E-state index contributed by atoms with van der Waals surface area (Å²) in [4.78, 5) is 140. The van der Waals surface area contributed by atoms with Crippen LogP contribution in [0.5, 0.6) is 5.75 Å². The van der Waals surface area contributed by atoms with E-state index in [9.17, 15) is 57.3 Å². The number of ether oxygens (including phenoxy) is 1. The van der Waals surface area contributed by atoms with Crippen molar-refractivity contribution in [3.63, 3.8) is 0 Å². The van der Waals surface area contributed by atoms with E-state index in [2.05, 4.69) is 36.4 Å². The summed E-state index contributed by atoms with van der Waals surface area (Å²) >= 11 is 0. The van der Waals surface area contributed by atoms with Gasteiger partial charge in [-0.25, -0.2) is 9.59 Å². The number of nitrogens with two attached hydrogens (primary N) is 4. The zero-order valence-corrected chi connectivity index (χ0v) is 38.0. The minimum absolute atomic E-state index is 0.00682. The van der Waals surface area contributed by atoms with Crippen molar-refractivity contribution in [1.82, 2.24) is 46.3 Å². The topological polar surface area (TPSA) is 416 Å². The number of hydrogen-bond donors (Lipinski definition) is 11. The normalized spacial score (nSPS) is 22.8. The van der Waals surface area contributed by atoms with Crippen LogP contribution in [0.3, 0.4) is 0 Å². The van der Waals surface area contributed by atoms with E-state index in [1.165, 1.54) is 32.3 Å². The quantitative estimate of drug-likeness (QED) is 0.0885. The molecule has 1 aromatic heterocycles. The van der Waals surface area contributed by atoms with Crippen LogP contribution in [0.4, 0.5) is 9.59 Å². The van der Waals surface area contributed by atoms with Gasteiger partial charge in [-0.3, -0.25) is 42.6 Å². The van der Waals surface area contributed by atoms with E-state index in [0.717, 1.165) is 14.7 Å². The number of benzene rings is 1. The summed E-state index contributed by atoms with van der Waals surface area (Å²) < 4.78 is 20.1. The van der Waals surface area contributed by atoms with E-state index in [1.807, 2.05) is 0 Å². The second kappa shape index (κ2) is 23.5. The number of aliphatic hydroxyl groups excluding tert-OH is 1. The average molecular weight is 964 g/mol. The van der Waals surface area contributed by atoms with Gasteiger partial charge in [-0.1, -0.05) is 20.3 Å². The molecule has 15 N–H and O–H groups in total. The molecule has 1 aromatic carbocycles. The first-order valence-electron chi connectivity index (χ1n) is 20.9. The van der Waals surface area contributed by atoms with Gasteiger partial charge < -0.3 is 78.1 Å². The molecule has 0 bridgehead atoms. The first kappa shape index (κ1) is 52.7. The summed E-state index contributed by atoms with van der Waals surface area (Å²) in [5, 5.41) is 22.5. The van der Waals surface area contributed by atoms with Crippen LogP contribution < -0.4 is 54.4 Å². The lowest BCUT2D eigenvalue weighted by Gasteiger charge is -2.28. The Morgan fingerprint density at radius 3 is 2.21 bits per heavy atom. The Balaban J connectivity index is 1.75. The molecular weight excluding hydrogens is 907 g/mol. The Hall–Kier alpha value is -6.91. The molecule has 2 aliphatic rings. The summed E-state index contributed by atoms with van der Waals surface area (Å²) in [7, 11) is 0.441. The van der Waals surface area contributed by atoms with Crippen LogP contribution in [-0.2, 0) is 60.4 Å². The summed E-state index contributed by atoms with van der Waals surface area (Å²) in [6.45, 7) is 1.70. The SMILES string of the molecule is CC[C@H](C)[C@@H]1NC(=O)CNC(=O)[C@H](N)Cc2c([nH]c3cc(OC(=O)N(C)CCN(C)C(=O)ON)ccc23)S(=O)C[C@@H](C(=O)N[C@@H](CC(N)=O)C(=O)N2C[C@H](O)C[C@H]2C(N)=O)NC(=O)CNC1=O. The molecule has 3 heterocycles. The fourth-order valence-corrected chi connectivity index (χ4v) is 8.50. The highest BCUT2D eigenvalue weighted by molar-refractivity contribution is 7.85. The number of nitrogens with zero attached hydrogens (tertiary/aromatic N) is 3. The molecule has 0 spiro atoms. The molecule has 28 heteroatoms. The van der Waals surface area contributed by atoms with Gasteiger partial charge in [0, 0.05) is 51.6 Å². The van der Waals surface area contributed by atoms with Gasteiger partial charge in [-0.05, 0) is 30.0 Å². The maximum atomic E-state index is 14.6. The second-order valence-corrected chi connectivity index (χ2v) is 17.5. The summed E-state index contributed by atoms with van der Waals surface area (Å²) in [5.41, 5.74) is 17.6. The van der Waals surface area contributed by atoms with Crippen LogP contribution in [0.25, 0.3) is 10.9 Å². The van der Waals surface area contributed by atoms with Crippen molar-refractivity contribution in [2.45, 2.75) is 80.9 Å². The predicted molar refractivity (Wildman–Crippen MR) is 234 cm³/mol. The number of rotatable bonds is 12. The molecule has 1 saturated heterocycles. The lowest BCUT2D eigenvalue weighted by molar-refractivity contribution is -0.142. The van der Waals surface area contributed by atoms with E-state index in [0.29, 0.717) is 11.8 Å². The van der Waals surface area contributed by atoms with E-state index in [4.69, 9.17) is 27.8 Å². The zero-order chi connectivity index (χ0) is 49.9. The number of aliphatic hydroxyl groups is 1. The summed E-state index contributed by atoms with van der Waals surface area (Å²) in [6.07, 6.45) is -3.84. The fourth-order valence-electron chi connectivity index (χ4n) is 7.10. The Morgan fingerprint density at radius 2 is 1.60 bits per heavy atom. The number of aromatic nitrogens is 1. The van der Waals surface area contributed by atoms with E-state index < -0.39 is 138 Å². The van der Waals surface area contributed by atoms with E-state index >= 15 is 0 Å². The second-order valence-electron chi connectivity index (χ2n) is 16.1. The van der Waals surface area contributed by atoms with Gasteiger partial charge in [0.15, 0.2) is 0 Å². The van der Waals surface area contributed by atoms with Gasteiger partial charge in [-0.2, -0.15) is 5.90 Å². The molecule has 368 valence electrons. The van der Waals surface area contributed by atoms with Crippen molar-refractivity contribution in [3.05, 3.63) is 23.8 Å². The van der Waals surface area contributed by atoms with Crippen LogP contribution in [-0.4, -0.2) is 177 Å². The lowest BCUT2D eigenvalue weighted by Crippen LogP contribution is -2.59. The molecule has 27 nitrogen and oxygen atoms in total. The molecule has 1 unspecified atom stereocenters. The number of β-amino-alcohol motifs (C(OH)–C–C–N with tert-alkyl or cyclic N) is 1. The number of carbonyl (C=O) groups is 10. The molecule has 10 amide bonds. The molecule has 0 aliphatic carbocycles. The van der Waals surface area contributed by atoms with Gasteiger partial charge in [-0.15, -0.1) is 0 Å². The number of likely N-dealkylation sites (N-methyl/N-ethyl adjacent to an activating group) is 2. The largest absolute Gasteiger partial charge is 0.428 e. The van der Waals surface area contributed by atoms with Crippen molar-refractivity contribution in [2.75, 3.05) is 52.6 Å². The fraction of sp³-hybridized carbons (Fsp3) is 0.538. The minimum Gasteiger partial charge on any atom is -0.410 e. The monoisotopic (exact) mass is 963 g/mol. The number of carbonyl (C=O) groups excluding carboxylic acids is 10. The van der Waals surface area contributed by atoms with E-state index in [1.54, 1.807) is 13.8 Å². The van der Waals surface area contributed by atoms with Crippen LogP contribution in [0.2, 0.25) is 0 Å². The first-order valence-corrected chi connectivity index (χ1v) is 22.2. The number of aromatic amines is 1. The van der Waals surface area contributed by atoms with Gasteiger partial charge in [0.05, 0.1) is 53.7 Å². The van der Waals surface area contributed by atoms with Crippen molar-refractivity contribution in [2.24, 2.45) is 29.0 Å². The molecule has 2 aliphatic heterocycles. The van der Waals surface area contributed by atoms with Crippen LogP contribution in [0.15, 0.2) is 23.2 Å². The zero-order valence-electron chi connectivity index (χ0n) is 37.2. The number of hydrogen-bond acceptors (Lipinski definition) is 16. The third-order valence-electron chi connectivity index (χ3n) is 11.1. The summed E-state index contributed by atoms with van der Waals surface area (Å²) in [6, 6.07) is -3.26. The third kappa shape index (κ3) is 14.0. The lowest BCUT2D eigenvalue weighted by atomic mass is 9.98. The number of nitrogens with one attached hydrogen (secondary N) is 6. The molecule has 1 fully saturated rings. The molecule has 0 saturated carbocycles. The Labute approximate surface area is 385 Å². The minimum atomic E-state index is -2.36.